The first-order valence-electron chi connectivity index (χ1n) is 4.39. The molecule has 1 heterocycles. The molecule has 76 valence electrons. The lowest BCUT2D eigenvalue weighted by molar-refractivity contribution is 0.115. The third kappa shape index (κ3) is 3.84. The number of hydrogen-bond acceptors (Lipinski definition) is 4. The van der Waals surface area contributed by atoms with Crippen molar-refractivity contribution in [3.63, 3.8) is 0 Å². The Morgan fingerprint density at radius 2 is 2.43 bits per heavy atom. The summed E-state index contributed by atoms with van der Waals surface area (Å²) in [5.41, 5.74) is 0.702. The zero-order valence-electron chi connectivity index (χ0n) is 8.23. The molecule has 0 fully saturated rings. The lowest BCUT2D eigenvalue weighted by Gasteiger charge is -2.08. The van der Waals surface area contributed by atoms with Gasteiger partial charge >= 0.3 is 6.09 Å². The third-order valence-corrected chi connectivity index (χ3v) is 1.38. The van der Waals surface area contributed by atoms with Crippen molar-refractivity contribution in [3.8, 4) is 0 Å². The van der Waals surface area contributed by atoms with E-state index in [1.807, 2.05) is 0 Å². The van der Waals surface area contributed by atoms with Crippen LogP contribution in [0.1, 0.15) is 19.5 Å². The molecular weight excluding hydrogens is 182 g/mol. The summed E-state index contributed by atoms with van der Waals surface area (Å²) in [4.78, 5) is 11.0. The molecule has 5 nitrogen and oxygen atoms in total. The van der Waals surface area contributed by atoms with Gasteiger partial charge in [-0.25, -0.2) is 4.79 Å². The molecule has 14 heavy (non-hydrogen) atoms. The van der Waals surface area contributed by atoms with E-state index in [0.717, 1.165) is 0 Å². The SMILES string of the molecule is CC(C)OC(=O)NCc1cccnn1. The summed E-state index contributed by atoms with van der Waals surface area (Å²) in [6, 6.07) is 3.54. The highest BCUT2D eigenvalue weighted by Crippen LogP contribution is 1.92. The van der Waals surface area contributed by atoms with Gasteiger partial charge in [0.2, 0.25) is 0 Å². The molecule has 1 N–H and O–H groups in total. The maximum absolute atomic E-state index is 11.0. The van der Waals surface area contributed by atoms with Crippen LogP contribution in [0.2, 0.25) is 0 Å². The highest BCUT2D eigenvalue weighted by molar-refractivity contribution is 5.67. The van der Waals surface area contributed by atoms with Crippen molar-refractivity contribution in [1.29, 1.82) is 0 Å². The van der Waals surface area contributed by atoms with Gasteiger partial charge in [-0.3, -0.25) is 0 Å². The highest BCUT2D eigenvalue weighted by atomic mass is 16.6. The number of hydrogen-bond donors (Lipinski definition) is 1. The van der Waals surface area contributed by atoms with Crippen LogP contribution in [-0.2, 0) is 11.3 Å². The molecule has 0 atom stereocenters. The molecular formula is C9H13N3O2. The maximum atomic E-state index is 11.0. The Morgan fingerprint density at radius 3 is 3.00 bits per heavy atom. The first-order valence-corrected chi connectivity index (χ1v) is 4.39. The number of nitrogens with one attached hydrogen (secondary N) is 1. The quantitative estimate of drug-likeness (QED) is 0.784. The minimum atomic E-state index is -0.439. The summed E-state index contributed by atoms with van der Waals surface area (Å²) in [5, 5.41) is 10.1. The Morgan fingerprint density at radius 1 is 1.64 bits per heavy atom. The average Bonchev–Trinajstić information content (AvgIpc) is 2.15. The molecule has 0 aliphatic heterocycles. The average molecular weight is 195 g/mol. The van der Waals surface area contributed by atoms with Crippen LogP contribution >= 0.6 is 0 Å². The molecule has 0 spiro atoms. The normalized spacial score (nSPS) is 9.93. The standard InChI is InChI=1S/C9H13N3O2/c1-7(2)14-9(13)10-6-8-4-3-5-11-12-8/h3-5,7H,6H2,1-2H3,(H,10,13). The van der Waals surface area contributed by atoms with Crippen LogP contribution in [0.3, 0.4) is 0 Å². The Kier molecular flexibility index (Phi) is 3.84. The molecule has 1 rings (SSSR count). The zero-order valence-corrected chi connectivity index (χ0v) is 8.23. The van der Waals surface area contributed by atoms with E-state index in [1.165, 1.54) is 0 Å². The smallest absolute Gasteiger partial charge is 0.407 e. The van der Waals surface area contributed by atoms with Crippen LogP contribution in [0.4, 0.5) is 4.79 Å². The summed E-state index contributed by atoms with van der Waals surface area (Å²) in [6.07, 6.45) is 1.03. The lowest BCUT2D eigenvalue weighted by atomic mass is 10.4. The van der Waals surface area contributed by atoms with Gasteiger partial charge in [0.05, 0.1) is 18.3 Å². The number of amides is 1. The first-order chi connectivity index (χ1) is 6.68. The minimum absolute atomic E-state index is 0.114. The van der Waals surface area contributed by atoms with E-state index in [0.29, 0.717) is 12.2 Å². The fourth-order valence-electron chi connectivity index (χ4n) is 0.846. The fourth-order valence-corrected chi connectivity index (χ4v) is 0.846. The van der Waals surface area contributed by atoms with Gasteiger partial charge in [-0.05, 0) is 26.0 Å². The van der Waals surface area contributed by atoms with E-state index >= 15 is 0 Å². The molecule has 1 aromatic heterocycles. The van der Waals surface area contributed by atoms with Crippen LogP contribution in [0.5, 0.6) is 0 Å². The molecule has 0 saturated carbocycles. The van der Waals surface area contributed by atoms with Gasteiger partial charge in [0.25, 0.3) is 0 Å². The highest BCUT2D eigenvalue weighted by Gasteiger charge is 2.04. The van der Waals surface area contributed by atoms with Crippen molar-refractivity contribution in [1.82, 2.24) is 15.5 Å². The monoisotopic (exact) mass is 195 g/mol. The van der Waals surface area contributed by atoms with Gasteiger partial charge in [-0.2, -0.15) is 10.2 Å². The number of alkyl carbamates (subject to hydrolysis) is 1. The molecule has 0 aliphatic rings. The van der Waals surface area contributed by atoms with Crippen molar-refractivity contribution in [3.05, 3.63) is 24.0 Å². The molecule has 0 saturated heterocycles. The Hall–Kier alpha value is -1.65. The summed E-state index contributed by atoms with van der Waals surface area (Å²) in [5.74, 6) is 0. The van der Waals surface area contributed by atoms with Crippen molar-refractivity contribution in [2.24, 2.45) is 0 Å². The van der Waals surface area contributed by atoms with Gasteiger partial charge in [0, 0.05) is 6.20 Å². The molecule has 1 aromatic rings. The van der Waals surface area contributed by atoms with Gasteiger partial charge in [-0.15, -0.1) is 0 Å². The van der Waals surface area contributed by atoms with Crippen LogP contribution in [0, 0.1) is 0 Å². The summed E-state index contributed by atoms with van der Waals surface area (Å²) in [7, 11) is 0. The van der Waals surface area contributed by atoms with E-state index in [-0.39, 0.29) is 6.10 Å². The van der Waals surface area contributed by atoms with Gasteiger partial charge in [0.15, 0.2) is 0 Å². The molecule has 0 bridgehead atoms. The van der Waals surface area contributed by atoms with Gasteiger partial charge in [0.1, 0.15) is 0 Å². The van der Waals surface area contributed by atoms with Crippen LogP contribution in [0.25, 0.3) is 0 Å². The van der Waals surface area contributed by atoms with E-state index < -0.39 is 6.09 Å². The van der Waals surface area contributed by atoms with Crippen LogP contribution < -0.4 is 5.32 Å². The number of carbonyl (C=O) groups is 1. The van der Waals surface area contributed by atoms with E-state index in [4.69, 9.17) is 4.74 Å². The Bertz CT molecular complexity index is 287. The molecule has 5 heteroatoms. The summed E-state index contributed by atoms with van der Waals surface area (Å²) in [6.45, 7) is 3.92. The predicted octanol–water partition coefficient (Wildman–Crippen LogP) is 1.11. The van der Waals surface area contributed by atoms with E-state index in [9.17, 15) is 4.79 Å². The summed E-state index contributed by atoms with van der Waals surface area (Å²) < 4.78 is 4.87. The van der Waals surface area contributed by atoms with Crippen LogP contribution in [0.15, 0.2) is 18.3 Å². The van der Waals surface area contributed by atoms with E-state index in [1.54, 1.807) is 32.2 Å². The topological polar surface area (TPSA) is 64.1 Å². The second-order valence-corrected chi connectivity index (χ2v) is 3.02. The second kappa shape index (κ2) is 5.16. The van der Waals surface area contributed by atoms with E-state index in [2.05, 4.69) is 15.5 Å². The van der Waals surface area contributed by atoms with Crippen molar-refractivity contribution < 1.29 is 9.53 Å². The third-order valence-electron chi connectivity index (χ3n) is 1.38. The second-order valence-electron chi connectivity index (χ2n) is 3.02. The van der Waals surface area contributed by atoms with Crippen molar-refractivity contribution in [2.75, 3.05) is 0 Å². The Balaban J connectivity index is 2.31. The lowest BCUT2D eigenvalue weighted by Crippen LogP contribution is -2.26. The zero-order chi connectivity index (χ0) is 10.4. The van der Waals surface area contributed by atoms with Crippen LogP contribution in [-0.4, -0.2) is 22.4 Å². The van der Waals surface area contributed by atoms with Gasteiger partial charge in [-0.1, -0.05) is 0 Å². The number of rotatable bonds is 3. The van der Waals surface area contributed by atoms with Gasteiger partial charge < -0.3 is 10.1 Å². The molecule has 0 aromatic carbocycles. The van der Waals surface area contributed by atoms with Crippen molar-refractivity contribution in [2.45, 2.75) is 26.5 Å². The predicted molar refractivity (Wildman–Crippen MR) is 50.5 cm³/mol. The number of carbonyl (C=O) groups excluding carboxylic acids is 1. The van der Waals surface area contributed by atoms with Crippen molar-refractivity contribution >= 4 is 6.09 Å². The summed E-state index contributed by atoms with van der Waals surface area (Å²) >= 11 is 0. The minimum Gasteiger partial charge on any atom is -0.447 e. The Labute approximate surface area is 82.5 Å². The molecule has 0 radical (unpaired) electrons. The fraction of sp³-hybridized carbons (Fsp3) is 0.444. The number of ether oxygens (including phenoxy) is 1. The maximum Gasteiger partial charge on any atom is 0.407 e. The number of nitrogens with zero attached hydrogens (tertiary/aromatic N) is 2. The largest absolute Gasteiger partial charge is 0.447 e. The molecule has 0 aliphatic carbocycles. The first kappa shape index (κ1) is 10.4. The molecule has 1 amide bonds. The molecule has 0 unspecified atom stereocenters. The number of aromatic nitrogens is 2.